The van der Waals surface area contributed by atoms with E-state index in [9.17, 15) is 27.2 Å². The Kier molecular flexibility index (Phi) is 9.65. The highest BCUT2D eigenvalue weighted by molar-refractivity contribution is 7.10. The Labute approximate surface area is 216 Å². The Bertz CT molecular complexity index is 1180. The number of hydrogen-bond donors (Lipinski definition) is 1. The molecule has 1 N–H and O–H groups in total. The molecule has 0 aliphatic carbocycles. The number of halogens is 4. The fourth-order valence-electron chi connectivity index (χ4n) is 3.44. The number of hydrogen-bond acceptors (Lipinski definition) is 4. The van der Waals surface area contributed by atoms with Crippen LogP contribution in [0.25, 0.3) is 0 Å². The molecule has 37 heavy (non-hydrogen) atoms. The van der Waals surface area contributed by atoms with Crippen LogP contribution in [-0.2, 0) is 28.8 Å². The Hall–Kier alpha value is -3.44. The number of carbonyl (C=O) groups is 2. The fourth-order valence-corrected chi connectivity index (χ4v) is 4.36. The van der Waals surface area contributed by atoms with E-state index in [1.54, 1.807) is 17.0 Å². The molecule has 0 saturated carbocycles. The summed E-state index contributed by atoms with van der Waals surface area (Å²) in [5.41, 5.74) is 1.07. The molecule has 3 rings (SSSR count). The first-order chi connectivity index (χ1) is 17.6. The molecule has 0 radical (unpaired) electrons. The number of nitrogens with zero attached hydrogens (tertiary/aromatic N) is 2. The van der Waals surface area contributed by atoms with Crippen LogP contribution in [0.2, 0.25) is 0 Å². The molecule has 3 aromatic rings. The number of rotatable bonds is 10. The van der Waals surface area contributed by atoms with Crippen LogP contribution in [0.1, 0.15) is 21.6 Å². The number of anilines is 1. The Morgan fingerprint density at radius 1 is 0.973 bits per heavy atom. The standard InChI is InChI=1S/C26H27F4N3O3S/c1-18-11-14-37-23(18)16-33(15-19-3-7-21(27)8-4-19)24(34)17-32(12-13-36-2)25(35)31-22-9-5-20(6-10-22)26(28,29)30/h3-11,14H,12-13,15-17H2,1-2H3,(H,31,35). The number of aryl methyl sites for hydroxylation is 1. The van der Waals surface area contributed by atoms with Gasteiger partial charge in [0.2, 0.25) is 5.91 Å². The third kappa shape index (κ3) is 8.29. The van der Waals surface area contributed by atoms with Crippen LogP contribution < -0.4 is 5.32 Å². The minimum absolute atomic E-state index is 0.0805. The van der Waals surface area contributed by atoms with E-state index in [1.165, 1.54) is 35.5 Å². The first kappa shape index (κ1) is 28.1. The summed E-state index contributed by atoms with van der Waals surface area (Å²) >= 11 is 1.51. The summed E-state index contributed by atoms with van der Waals surface area (Å²) in [5, 5.41) is 4.46. The monoisotopic (exact) mass is 537 g/mol. The molecule has 0 spiro atoms. The summed E-state index contributed by atoms with van der Waals surface area (Å²) in [7, 11) is 1.45. The van der Waals surface area contributed by atoms with Crippen molar-refractivity contribution < 1.29 is 31.9 Å². The molecule has 1 heterocycles. The lowest BCUT2D eigenvalue weighted by atomic mass is 10.2. The van der Waals surface area contributed by atoms with E-state index < -0.39 is 17.8 Å². The van der Waals surface area contributed by atoms with E-state index in [2.05, 4.69) is 5.32 Å². The van der Waals surface area contributed by atoms with Crippen molar-refractivity contribution in [2.45, 2.75) is 26.2 Å². The van der Waals surface area contributed by atoms with Gasteiger partial charge >= 0.3 is 12.2 Å². The second-order valence-electron chi connectivity index (χ2n) is 8.32. The van der Waals surface area contributed by atoms with Crippen molar-refractivity contribution >= 4 is 29.0 Å². The highest BCUT2D eigenvalue weighted by atomic mass is 32.1. The highest BCUT2D eigenvalue weighted by Gasteiger charge is 2.30. The van der Waals surface area contributed by atoms with Gasteiger partial charge in [-0.25, -0.2) is 9.18 Å². The summed E-state index contributed by atoms with van der Waals surface area (Å²) in [5.74, 6) is -0.739. The SMILES string of the molecule is COCCN(CC(=O)N(Cc1ccc(F)cc1)Cc1sccc1C)C(=O)Nc1ccc(C(F)(F)F)cc1. The van der Waals surface area contributed by atoms with Gasteiger partial charge in [0.15, 0.2) is 0 Å². The van der Waals surface area contributed by atoms with Gasteiger partial charge < -0.3 is 19.9 Å². The molecule has 198 valence electrons. The van der Waals surface area contributed by atoms with Crippen LogP contribution in [0.3, 0.4) is 0 Å². The van der Waals surface area contributed by atoms with Crippen molar-refractivity contribution in [1.82, 2.24) is 9.80 Å². The number of alkyl halides is 3. The first-order valence-corrected chi connectivity index (χ1v) is 12.2. The van der Waals surface area contributed by atoms with Gasteiger partial charge in [-0.1, -0.05) is 12.1 Å². The van der Waals surface area contributed by atoms with Crippen molar-refractivity contribution in [2.24, 2.45) is 0 Å². The molecule has 1 aromatic heterocycles. The third-order valence-electron chi connectivity index (χ3n) is 5.58. The van der Waals surface area contributed by atoms with Crippen LogP contribution in [0.4, 0.5) is 28.0 Å². The Morgan fingerprint density at radius 2 is 1.65 bits per heavy atom. The quantitative estimate of drug-likeness (QED) is 0.327. The molecule has 6 nitrogen and oxygen atoms in total. The maximum Gasteiger partial charge on any atom is 0.416 e. The number of methoxy groups -OCH3 is 1. The molecule has 0 unspecified atom stereocenters. The molecule has 2 aromatic carbocycles. The van der Waals surface area contributed by atoms with E-state index >= 15 is 0 Å². The summed E-state index contributed by atoms with van der Waals surface area (Å²) in [6.07, 6.45) is -4.49. The Morgan fingerprint density at radius 3 is 2.22 bits per heavy atom. The van der Waals surface area contributed by atoms with Crippen LogP contribution in [0.15, 0.2) is 60.0 Å². The molecule has 0 atom stereocenters. The topological polar surface area (TPSA) is 61.9 Å². The smallest absolute Gasteiger partial charge is 0.383 e. The summed E-state index contributed by atoms with van der Waals surface area (Å²) in [6, 6.07) is 11.2. The van der Waals surface area contributed by atoms with Crippen LogP contribution >= 0.6 is 11.3 Å². The number of ether oxygens (including phenoxy) is 1. The highest BCUT2D eigenvalue weighted by Crippen LogP contribution is 2.30. The van der Waals surface area contributed by atoms with Gasteiger partial charge in [-0.05, 0) is 65.9 Å². The summed E-state index contributed by atoms with van der Waals surface area (Å²) < 4.78 is 57.0. The van der Waals surface area contributed by atoms with Gasteiger partial charge in [-0.2, -0.15) is 13.2 Å². The lowest BCUT2D eigenvalue weighted by molar-refractivity contribution is -0.137. The van der Waals surface area contributed by atoms with E-state index in [1.807, 2.05) is 18.4 Å². The maximum absolute atomic E-state index is 13.4. The number of thiophene rings is 1. The third-order valence-corrected chi connectivity index (χ3v) is 6.59. The summed E-state index contributed by atoms with van der Waals surface area (Å²) in [4.78, 5) is 30.2. The molecular weight excluding hydrogens is 510 g/mol. The zero-order valence-electron chi connectivity index (χ0n) is 20.3. The molecule has 3 amide bonds. The normalized spacial score (nSPS) is 11.3. The van der Waals surface area contributed by atoms with E-state index in [0.717, 1.165) is 40.3 Å². The predicted molar refractivity (Wildman–Crippen MR) is 134 cm³/mol. The van der Waals surface area contributed by atoms with Crippen LogP contribution in [0, 0.1) is 12.7 Å². The average Bonchev–Trinajstić information content (AvgIpc) is 3.26. The molecule has 0 saturated heterocycles. The predicted octanol–water partition coefficient (Wildman–Crippen LogP) is 5.92. The van der Waals surface area contributed by atoms with Gasteiger partial charge in [-0.3, -0.25) is 4.79 Å². The van der Waals surface area contributed by atoms with Crippen molar-refractivity contribution in [3.63, 3.8) is 0 Å². The number of nitrogens with one attached hydrogen (secondary N) is 1. The Balaban J connectivity index is 1.76. The van der Waals surface area contributed by atoms with Crippen molar-refractivity contribution in [1.29, 1.82) is 0 Å². The number of benzene rings is 2. The first-order valence-electron chi connectivity index (χ1n) is 11.3. The van der Waals surface area contributed by atoms with Crippen molar-refractivity contribution in [3.8, 4) is 0 Å². The summed E-state index contributed by atoms with van der Waals surface area (Å²) in [6.45, 7) is 2.39. The molecule has 0 aliphatic heterocycles. The van der Waals surface area contributed by atoms with Crippen molar-refractivity contribution in [2.75, 3.05) is 32.1 Å². The van der Waals surface area contributed by atoms with Crippen molar-refractivity contribution in [3.05, 3.63) is 87.4 Å². The van der Waals surface area contributed by atoms with E-state index in [-0.39, 0.29) is 43.7 Å². The lowest BCUT2D eigenvalue weighted by Gasteiger charge is -2.28. The maximum atomic E-state index is 13.4. The second kappa shape index (κ2) is 12.7. The van der Waals surface area contributed by atoms with Gasteiger partial charge in [-0.15, -0.1) is 11.3 Å². The molecular formula is C26H27F4N3O3S. The van der Waals surface area contributed by atoms with Gasteiger partial charge in [0.25, 0.3) is 0 Å². The molecule has 0 aliphatic rings. The fraction of sp³-hybridized carbons (Fsp3) is 0.308. The zero-order chi connectivity index (χ0) is 27.0. The van der Waals surface area contributed by atoms with E-state index in [0.29, 0.717) is 6.54 Å². The largest absolute Gasteiger partial charge is 0.416 e. The molecule has 0 fully saturated rings. The van der Waals surface area contributed by atoms with Gasteiger partial charge in [0.05, 0.1) is 18.7 Å². The second-order valence-corrected chi connectivity index (χ2v) is 9.32. The molecule has 11 heteroatoms. The minimum Gasteiger partial charge on any atom is -0.383 e. The van der Waals surface area contributed by atoms with Gasteiger partial charge in [0.1, 0.15) is 12.4 Å². The zero-order valence-corrected chi connectivity index (χ0v) is 21.2. The number of amides is 3. The molecule has 0 bridgehead atoms. The van der Waals surface area contributed by atoms with E-state index in [4.69, 9.17) is 4.74 Å². The minimum atomic E-state index is -4.49. The number of urea groups is 1. The lowest BCUT2D eigenvalue weighted by Crippen LogP contribution is -2.45. The van der Waals surface area contributed by atoms with Gasteiger partial charge in [0, 0.05) is 30.8 Å². The van der Waals surface area contributed by atoms with Crippen LogP contribution in [-0.4, -0.2) is 48.5 Å². The van der Waals surface area contributed by atoms with Crippen LogP contribution in [0.5, 0.6) is 0 Å². The number of carbonyl (C=O) groups excluding carboxylic acids is 2. The average molecular weight is 538 g/mol.